The average Bonchev–Trinajstić information content (AvgIpc) is 2.24. The Morgan fingerprint density at radius 1 is 1.26 bits per heavy atom. The highest BCUT2D eigenvalue weighted by atomic mass is 79.9. The Balaban J connectivity index is 2.53. The molecule has 7 heteroatoms. The summed E-state index contributed by atoms with van der Waals surface area (Å²) in [4.78, 5) is 2.03. The molecule has 0 N–H and O–H groups in total. The molecule has 0 fully saturated rings. The summed E-state index contributed by atoms with van der Waals surface area (Å²) in [6.07, 6.45) is -3.85. The van der Waals surface area contributed by atoms with Gasteiger partial charge in [0.25, 0.3) is 0 Å². The molecule has 19 heavy (non-hydrogen) atoms. The molecule has 108 valence electrons. The summed E-state index contributed by atoms with van der Waals surface area (Å²) in [6, 6.07) is 3.90. The van der Waals surface area contributed by atoms with Gasteiger partial charge in [0, 0.05) is 6.54 Å². The maximum absolute atomic E-state index is 12.0. The summed E-state index contributed by atoms with van der Waals surface area (Å²) >= 11 is 3.15. The molecule has 0 atom stereocenters. The van der Waals surface area contributed by atoms with Gasteiger partial charge in [-0.25, -0.2) is 0 Å². The first-order valence-corrected chi connectivity index (χ1v) is 6.40. The molecule has 1 aromatic carbocycles. The van der Waals surface area contributed by atoms with E-state index in [9.17, 15) is 13.2 Å². The number of rotatable bonds is 6. The summed E-state index contributed by atoms with van der Waals surface area (Å²) in [7, 11) is 3.92. The summed E-state index contributed by atoms with van der Waals surface area (Å²) < 4.78 is 45.8. The Morgan fingerprint density at radius 3 is 2.47 bits per heavy atom. The molecule has 0 radical (unpaired) electrons. The number of halogens is 4. The number of nitrogens with zero attached hydrogens (tertiary/aromatic N) is 1. The minimum Gasteiger partial charge on any atom is -0.492 e. The first-order chi connectivity index (χ1) is 8.78. The summed E-state index contributed by atoms with van der Waals surface area (Å²) in [5.41, 5.74) is 0. The topological polar surface area (TPSA) is 21.7 Å². The Hall–Kier alpha value is -0.950. The second kappa shape index (κ2) is 7.00. The van der Waals surface area contributed by atoms with Crippen LogP contribution in [0, 0.1) is 0 Å². The zero-order valence-electron chi connectivity index (χ0n) is 10.6. The fraction of sp³-hybridized carbons (Fsp3) is 0.500. The van der Waals surface area contributed by atoms with Crippen LogP contribution in [-0.4, -0.2) is 38.5 Å². The van der Waals surface area contributed by atoms with Crippen LogP contribution in [0.1, 0.15) is 6.42 Å². The average molecular weight is 342 g/mol. The van der Waals surface area contributed by atoms with Crippen LogP contribution in [-0.2, 0) is 0 Å². The Kier molecular flexibility index (Phi) is 5.93. The molecule has 1 rings (SSSR count). The highest BCUT2D eigenvalue weighted by Gasteiger charge is 2.31. The lowest BCUT2D eigenvalue weighted by molar-refractivity contribution is -0.274. The van der Waals surface area contributed by atoms with Crippen LogP contribution < -0.4 is 9.47 Å². The Bertz CT molecular complexity index is 410. The maximum atomic E-state index is 12.0. The molecule has 0 spiro atoms. The smallest absolute Gasteiger partial charge is 0.492 e. The SMILES string of the molecule is CN(C)CCCOc1ccc(OC(F)(F)F)cc1Br. The molecule has 0 bridgehead atoms. The molecule has 0 saturated heterocycles. The third-order valence-corrected chi connectivity index (χ3v) is 2.76. The van der Waals surface area contributed by atoms with Crippen molar-refractivity contribution >= 4 is 15.9 Å². The van der Waals surface area contributed by atoms with Crippen LogP contribution >= 0.6 is 15.9 Å². The second-order valence-electron chi connectivity index (χ2n) is 4.15. The normalized spacial score (nSPS) is 11.7. The van der Waals surface area contributed by atoms with Gasteiger partial charge in [-0.2, -0.15) is 0 Å². The van der Waals surface area contributed by atoms with Gasteiger partial charge in [0.05, 0.1) is 11.1 Å². The van der Waals surface area contributed by atoms with Crippen molar-refractivity contribution in [1.29, 1.82) is 0 Å². The van der Waals surface area contributed by atoms with E-state index in [0.717, 1.165) is 13.0 Å². The molecule has 3 nitrogen and oxygen atoms in total. The molecule has 0 saturated carbocycles. The van der Waals surface area contributed by atoms with Gasteiger partial charge in [0.2, 0.25) is 0 Å². The van der Waals surface area contributed by atoms with Crippen molar-refractivity contribution in [3.63, 3.8) is 0 Å². The predicted octanol–water partition coefficient (Wildman–Crippen LogP) is 3.68. The molecule has 0 heterocycles. The fourth-order valence-electron chi connectivity index (χ4n) is 1.36. The second-order valence-corrected chi connectivity index (χ2v) is 5.00. The largest absolute Gasteiger partial charge is 0.573 e. The summed E-state index contributed by atoms with van der Waals surface area (Å²) in [5, 5.41) is 0. The fourth-order valence-corrected chi connectivity index (χ4v) is 1.83. The van der Waals surface area contributed by atoms with Crippen molar-refractivity contribution < 1.29 is 22.6 Å². The molecular weight excluding hydrogens is 327 g/mol. The highest BCUT2D eigenvalue weighted by Crippen LogP contribution is 2.31. The lowest BCUT2D eigenvalue weighted by Gasteiger charge is -2.13. The summed E-state index contributed by atoms with van der Waals surface area (Å²) in [6.45, 7) is 1.38. The number of hydrogen-bond donors (Lipinski definition) is 0. The number of alkyl halides is 3. The molecular formula is C12H15BrF3NO2. The third kappa shape index (κ3) is 6.68. The van der Waals surface area contributed by atoms with Crippen LogP contribution in [0.25, 0.3) is 0 Å². The molecule has 0 aliphatic rings. The first-order valence-electron chi connectivity index (χ1n) is 5.61. The van der Waals surface area contributed by atoms with E-state index in [1.165, 1.54) is 18.2 Å². The van der Waals surface area contributed by atoms with E-state index < -0.39 is 6.36 Å². The van der Waals surface area contributed by atoms with Gasteiger partial charge in [-0.05, 0) is 54.6 Å². The zero-order chi connectivity index (χ0) is 14.5. The molecule has 0 unspecified atom stereocenters. The number of hydrogen-bond acceptors (Lipinski definition) is 3. The van der Waals surface area contributed by atoms with E-state index >= 15 is 0 Å². The van der Waals surface area contributed by atoms with Crippen molar-refractivity contribution in [2.75, 3.05) is 27.2 Å². The molecule has 0 aliphatic carbocycles. The van der Waals surface area contributed by atoms with Gasteiger partial charge in [-0.3, -0.25) is 0 Å². The minimum absolute atomic E-state index is 0.278. The lowest BCUT2D eigenvalue weighted by Crippen LogP contribution is -2.17. The standard InChI is InChI=1S/C12H15BrF3NO2/c1-17(2)6-3-7-18-11-5-4-9(8-10(11)13)19-12(14,15)16/h4-5,8H,3,6-7H2,1-2H3. The van der Waals surface area contributed by atoms with Crippen LogP contribution in [0.3, 0.4) is 0 Å². The van der Waals surface area contributed by atoms with Crippen LogP contribution in [0.4, 0.5) is 13.2 Å². The maximum Gasteiger partial charge on any atom is 0.573 e. The van der Waals surface area contributed by atoms with Gasteiger partial charge >= 0.3 is 6.36 Å². The van der Waals surface area contributed by atoms with E-state index in [0.29, 0.717) is 16.8 Å². The predicted molar refractivity (Wildman–Crippen MR) is 69.5 cm³/mol. The zero-order valence-corrected chi connectivity index (χ0v) is 12.2. The number of benzene rings is 1. The van der Waals surface area contributed by atoms with E-state index in [2.05, 4.69) is 20.7 Å². The van der Waals surface area contributed by atoms with Crippen LogP contribution in [0.2, 0.25) is 0 Å². The van der Waals surface area contributed by atoms with Crippen molar-refractivity contribution in [1.82, 2.24) is 4.90 Å². The van der Waals surface area contributed by atoms with Gasteiger partial charge in [0.15, 0.2) is 0 Å². The van der Waals surface area contributed by atoms with Crippen molar-refractivity contribution in [3.05, 3.63) is 22.7 Å². The van der Waals surface area contributed by atoms with Gasteiger partial charge < -0.3 is 14.4 Å². The van der Waals surface area contributed by atoms with E-state index in [1.54, 1.807) is 0 Å². The molecule has 1 aromatic rings. The third-order valence-electron chi connectivity index (χ3n) is 2.14. The summed E-state index contributed by atoms with van der Waals surface area (Å²) in [5.74, 6) is 0.216. The van der Waals surface area contributed by atoms with Crippen molar-refractivity contribution in [2.24, 2.45) is 0 Å². The quantitative estimate of drug-likeness (QED) is 0.737. The van der Waals surface area contributed by atoms with Gasteiger partial charge in [-0.15, -0.1) is 13.2 Å². The van der Waals surface area contributed by atoms with Gasteiger partial charge in [-0.1, -0.05) is 0 Å². The Labute approximate surface area is 118 Å². The van der Waals surface area contributed by atoms with Crippen molar-refractivity contribution in [2.45, 2.75) is 12.8 Å². The molecule has 0 aromatic heterocycles. The van der Waals surface area contributed by atoms with E-state index in [1.807, 2.05) is 19.0 Å². The highest BCUT2D eigenvalue weighted by molar-refractivity contribution is 9.10. The monoisotopic (exact) mass is 341 g/mol. The lowest BCUT2D eigenvalue weighted by atomic mass is 10.3. The minimum atomic E-state index is -4.69. The Morgan fingerprint density at radius 2 is 1.95 bits per heavy atom. The molecule has 0 amide bonds. The molecule has 0 aliphatic heterocycles. The van der Waals surface area contributed by atoms with Crippen LogP contribution in [0.5, 0.6) is 11.5 Å². The van der Waals surface area contributed by atoms with Gasteiger partial charge in [0.1, 0.15) is 11.5 Å². The van der Waals surface area contributed by atoms with E-state index in [4.69, 9.17) is 4.74 Å². The first kappa shape index (κ1) is 16.1. The van der Waals surface area contributed by atoms with Crippen LogP contribution in [0.15, 0.2) is 22.7 Å². The number of ether oxygens (including phenoxy) is 2. The van der Waals surface area contributed by atoms with E-state index in [-0.39, 0.29) is 5.75 Å². The van der Waals surface area contributed by atoms with Crippen molar-refractivity contribution in [3.8, 4) is 11.5 Å².